The fraction of sp³-hybridized carbons (Fsp3) is 0.667. The molecule has 3 heteroatoms. The maximum Gasteiger partial charge on any atom is 0.120 e. The topological polar surface area (TPSA) is 35.2 Å². The van der Waals surface area contributed by atoms with Gasteiger partial charge in [0.05, 0.1) is 0 Å². The van der Waals surface area contributed by atoms with E-state index in [0.717, 1.165) is 18.0 Å². The Hall–Kier alpha value is -0.670. The van der Waals surface area contributed by atoms with Crippen molar-refractivity contribution in [3.63, 3.8) is 0 Å². The number of rotatable bonds is 4. The third-order valence-corrected chi connectivity index (χ3v) is 6.25. The quantitative estimate of drug-likeness (QED) is 0.908. The van der Waals surface area contributed by atoms with Crippen molar-refractivity contribution in [2.45, 2.75) is 56.5 Å². The smallest absolute Gasteiger partial charge is 0.120 e. The lowest BCUT2D eigenvalue weighted by molar-refractivity contribution is 0.210. The summed E-state index contributed by atoms with van der Waals surface area (Å²) in [4.78, 5) is 0. The molecule has 1 aromatic rings. The Balaban J connectivity index is 1.75. The van der Waals surface area contributed by atoms with Gasteiger partial charge >= 0.3 is 0 Å². The second kappa shape index (κ2) is 7.06. The minimum absolute atomic E-state index is 0.193. The van der Waals surface area contributed by atoms with Gasteiger partial charge in [0.2, 0.25) is 0 Å². The van der Waals surface area contributed by atoms with Crippen LogP contribution in [0.3, 0.4) is 0 Å². The summed E-state index contributed by atoms with van der Waals surface area (Å²) < 4.78 is 6.21. The first-order valence-electron chi connectivity index (χ1n) is 8.37. The Morgan fingerprint density at radius 1 is 1.19 bits per heavy atom. The van der Waals surface area contributed by atoms with Crippen molar-refractivity contribution in [2.24, 2.45) is 5.73 Å². The Labute approximate surface area is 132 Å². The van der Waals surface area contributed by atoms with E-state index in [4.69, 9.17) is 10.5 Å². The third-order valence-electron chi connectivity index (χ3n) is 5.07. The predicted molar refractivity (Wildman–Crippen MR) is 91.2 cm³/mol. The molecule has 116 valence electrons. The summed E-state index contributed by atoms with van der Waals surface area (Å²) in [5.74, 6) is 3.46. The molecule has 2 fully saturated rings. The van der Waals surface area contributed by atoms with Crippen LogP contribution in [0.25, 0.3) is 0 Å². The van der Waals surface area contributed by atoms with Gasteiger partial charge in [-0.2, -0.15) is 11.8 Å². The molecule has 0 aromatic heterocycles. The number of thioether (sulfide) groups is 1. The zero-order valence-corrected chi connectivity index (χ0v) is 13.7. The van der Waals surface area contributed by atoms with Crippen LogP contribution in [0.4, 0.5) is 0 Å². The van der Waals surface area contributed by atoms with E-state index < -0.39 is 0 Å². The van der Waals surface area contributed by atoms with E-state index >= 15 is 0 Å². The highest BCUT2D eigenvalue weighted by molar-refractivity contribution is 7.99. The summed E-state index contributed by atoms with van der Waals surface area (Å²) in [6.07, 6.45) is 9.29. The highest BCUT2D eigenvalue weighted by Crippen LogP contribution is 2.39. The highest BCUT2D eigenvalue weighted by Gasteiger charge is 2.32. The zero-order valence-electron chi connectivity index (χ0n) is 12.9. The highest BCUT2D eigenvalue weighted by atomic mass is 32.2. The van der Waals surface area contributed by atoms with Crippen LogP contribution in [0.2, 0.25) is 0 Å². The maximum atomic E-state index is 6.21. The molecule has 2 N–H and O–H groups in total. The molecule has 0 amide bonds. The van der Waals surface area contributed by atoms with Gasteiger partial charge in [0, 0.05) is 17.7 Å². The van der Waals surface area contributed by atoms with Crippen molar-refractivity contribution < 1.29 is 4.74 Å². The van der Waals surface area contributed by atoms with Gasteiger partial charge in [-0.25, -0.2) is 0 Å². The molecule has 0 spiro atoms. The van der Waals surface area contributed by atoms with Crippen LogP contribution in [0, 0.1) is 0 Å². The minimum Gasteiger partial charge on any atom is -0.490 e. The van der Waals surface area contributed by atoms with Gasteiger partial charge in [-0.1, -0.05) is 31.4 Å². The first kappa shape index (κ1) is 15.2. The molecule has 3 rings (SSSR count). The molecule has 1 saturated heterocycles. The predicted octanol–water partition coefficient (Wildman–Crippen LogP) is 4.12. The van der Waals surface area contributed by atoms with Gasteiger partial charge in [-0.3, -0.25) is 0 Å². The summed E-state index contributed by atoms with van der Waals surface area (Å²) in [5, 5.41) is 0. The molecule has 1 atom stereocenters. The molecular weight excluding hydrogens is 278 g/mol. The second-order valence-electron chi connectivity index (χ2n) is 6.53. The Kier molecular flexibility index (Phi) is 5.12. The Bertz CT molecular complexity index is 450. The standard InChI is InChI=1S/C18H27NOS/c19-14-18(9-2-1-3-10-18)15-6-4-7-16(12-15)20-17-8-5-11-21-13-17/h4,6-7,12,17H,1-3,5,8-11,13-14,19H2. The van der Waals surface area contributed by atoms with Gasteiger partial charge in [-0.05, 0) is 49.1 Å². The normalized spacial score (nSPS) is 25.5. The van der Waals surface area contributed by atoms with Crippen LogP contribution in [0.1, 0.15) is 50.5 Å². The average Bonchev–Trinajstić information content (AvgIpc) is 2.57. The van der Waals surface area contributed by atoms with E-state index in [0.29, 0.717) is 6.10 Å². The Morgan fingerprint density at radius 3 is 2.76 bits per heavy atom. The van der Waals surface area contributed by atoms with Crippen LogP contribution < -0.4 is 10.5 Å². The first-order chi connectivity index (χ1) is 10.3. The van der Waals surface area contributed by atoms with E-state index in [9.17, 15) is 0 Å². The molecule has 0 bridgehead atoms. The number of nitrogens with two attached hydrogens (primary N) is 1. The number of benzene rings is 1. The van der Waals surface area contributed by atoms with Crippen LogP contribution in [-0.4, -0.2) is 24.2 Å². The summed E-state index contributed by atoms with van der Waals surface area (Å²) in [6.45, 7) is 0.760. The van der Waals surface area contributed by atoms with Crippen LogP contribution in [0.15, 0.2) is 24.3 Å². The van der Waals surface area contributed by atoms with E-state index in [-0.39, 0.29) is 5.41 Å². The van der Waals surface area contributed by atoms with Gasteiger partial charge in [0.1, 0.15) is 11.9 Å². The Morgan fingerprint density at radius 2 is 2.05 bits per heavy atom. The SMILES string of the molecule is NCC1(c2cccc(OC3CCCSC3)c2)CCCCC1. The summed E-state index contributed by atoms with van der Waals surface area (Å²) >= 11 is 2.01. The third kappa shape index (κ3) is 3.57. The van der Waals surface area contributed by atoms with Gasteiger partial charge in [-0.15, -0.1) is 0 Å². The monoisotopic (exact) mass is 305 g/mol. The van der Waals surface area contributed by atoms with E-state index in [1.807, 2.05) is 11.8 Å². The van der Waals surface area contributed by atoms with E-state index in [1.54, 1.807) is 0 Å². The van der Waals surface area contributed by atoms with Crippen molar-refractivity contribution in [1.29, 1.82) is 0 Å². The van der Waals surface area contributed by atoms with E-state index in [2.05, 4.69) is 24.3 Å². The molecule has 1 aromatic carbocycles. The lowest BCUT2D eigenvalue weighted by Gasteiger charge is -2.37. The van der Waals surface area contributed by atoms with Crippen LogP contribution in [0.5, 0.6) is 5.75 Å². The molecule has 21 heavy (non-hydrogen) atoms. The molecule has 2 nitrogen and oxygen atoms in total. The van der Waals surface area contributed by atoms with Crippen molar-refractivity contribution in [1.82, 2.24) is 0 Å². The number of hydrogen-bond donors (Lipinski definition) is 1. The number of hydrogen-bond acceptors (Lipinski definition) is 3. The first-order valence-corrected chi connectivity index (χ1v) is 9.53. The van der Waals surface area contributed by atoms with Crippen LogP contribution in [-0.2, 0) is 5.41 Å². The van der Waals surface area contributed by atoms with Crippen molar-refractivity contribution in [2.75, 3.05) is 18.1 Å². The summed E-state index contributed by atoms with van der Waals surface area (Å²) in [6, 6.07) is 8.76. The molecular formula is C18H27NOS. The van der Waals surface area contributed by atoms with Gasteiger partial charge in [0.15, 0.2) is 0 Å². The molecule has 1 aliphatic carbocycles. The number of ether oxygens (including phenoxy) is 1. The lowest BCUT2D eigenvalue weighted by atomic mass is 9.69. The summed E-state index contributed by atoms with van der Waals surface area (Å²) in [7, 11) is 0. The fourth-order valence-electron chi connectivity index (χ4n) is 3.74. The van der Waals surface area contributed by atoms with Crippen molar-refractivity contribution in [3.8, 4) is 5.75 Å². The van der Waals surface area contributed by atoms with Crippen LogP contribution >= 0.6 is 11.8 Å². The fourth-order valence-corrected chi connectivity index (χ4v) is 4.77. The summed E-state index contributed by atoms with van der Waals surface area (Å²) in [5.41, 5.74) is 7.75. The van der Waals surface area contributed by atoms with E-state index in [1.165, 1.54) is 56.3 Å². The molecule has 2 aliphatic rings. The maximum absolute atomic E-state index is 6.21. The zero-order chi connectivity index (χ0) is 14.5. The average molecular weight is 305 g/mol. The molecule has 1 heterocycles. The largest absolute Gasteiger partial charge is 0.490 e. The lowest BCUT2D eigenvalue weighted by Crippen LogP contribution is -2.37. The molecule has 1 aliphatic heterocycles. The molecule has 1 unspecified atom stereocenters. The minimum atomic E-state index is 0.193. The second-order valence-corrected chi connectivity index (χ2v) is 7.68. The molecule has 1 saturated carbocycles. The van der Waals surface area contributed by atoms with Gasteiger partial charge < -0.3 is 10.5 Å². The van der Waals surface area contributed by atoms with Crippen molar-refractivity contribution in [3.05, 3.63) is 29.8 Å². The van der Waals surface area contributed by atoms with Gasteiger partial charge in [0.25, 0.3) is 0 Å². The van der Waals surface area contributed by atoms with Crippen molar-refractivity contribution >= 4 is 11.8 Å². The molecule has 0 radical (unpaired) electrons.